The normalized spacial score (nSPS) is 23.5. The van der Waals surface area contributed by atoms with Gasteiger partial charge in [-0.15, -0.1) is 0 Å². The van der Waals surface area contributed by atoms with Gasteiger partial charge in [0.25, 0.3) is 0 Å². The van der Waals surface area contributed by atoms with Crippen LogP contribution in [0.5, 0.6) is 17.2 Å². The van der Waals surface area contributed by atoms with Gasteiger partial charge in [-0.2, -0.15) is 0 Å². The molecule has 2 aliphatic rings. The van der Waals surface area contributed by atoms with Gasteiger partial charge in [-0.05, 0) is 68.1 Å². The molecule has 3 aromatic carbocycles. The number of rotatable bonds is 11. The number of piperidine rings is 1. The van der Waals surface area contributed by atoms with Crippen LogP contribution in [0.3, 0.4) is 0 Å². The van der Waals surface area contributed by atoms with Crippen molar-refractivity contribution in [1.82, 2.24) is 5.32 Å². The van der Waals surface area contributed by atoms with E-state index in [9.17, 15) is 30.3 Å². The molecular formula is C37H51BrN2O7. The molecule has 5 unspecified atom stereocenters. The number of phenolic OH excluding ortho intramolecular Hbond substituents is 3. The Balaban J connectivity index is 0.000000251. The predicted octanol–water partition coefficient (Wildman–Crippen LogP) is 1.92. The summed E-state index contributed by atoms with van der Waals surface area (Å²) >= 11 is 0. The summed E-state index contributed by atoms with van der Waals surface area (Å²) in [5.74, 6) is -0.772. The molecule has 6 N–H and O–H groups in total. The van der Waals surface area contributed by atoms with E-state index < -0.39 is 12.0 Å². The van der Waals surface area contributed by atoms with Gasteiger partial charge in [-0.25, -0.2) is 0 Å². The maximum absolute atomic E-state index is 12.6. The van der Waals surface area contributed by atoms with Crippen molar-refractivity contribution in [3.05, 3.63) is 89.5 Å². The van der Waals surface area contributed by atoms with Crippen LogP contribution in [0, 0.1) is 0 Å². The van der Waals surface area contributed by atoms with Crippen LogP contribution in [0.2, 0.25) is 0 Å². The Kier molecular flexibility index (Phi) is 14.1. The first kappa shape index (κ1) is 38.3. The van der Waals surface area contributed by atoms with E-state index >= 15 is 0 Å². The predicted molar refractivity (Wildman–Crippen MR) is 178 cm³/mol. The second-order valence-corrected chi connectivity index (χ2v) is 13.4. The van der Waals surface area contributed by atoms with E-state index in [2.05, 4.69) is 26.2 Å². The van der Waals surface area contributed by atoms with Crippen molar-refractivity contribution < 1.29 is 56.5 Å². The highest BCUT2D eigenvalue weighted by Gasteiger charge is 2.53. The number of hydrogen-bond donors (Lipinski definition) is 6. The quantitative estimate of drug-likeness (QED) is 0.131. The molecule has 47 heavy (non-hydrogen) atoms. The molecule has 258 valence electrons. The molecule has 9 nitrogen and oxygen atoms in total. The highest BCUT2D eigenvalue weighted by atomic mass is 79.9. The fraction of sp³-hybridized carbons (Fsp3) is 0.486. The standard InChI is InChI=1S/C20H30NO3.C17H21NO4.BrH/c1-14(2)21(3)16-9-10-17(21)12-18(11-16)24-20(23)19(13-22)15-7-5-4-6-8-15;1-11(6-12-2-4-14(19)5-3-12)18-10-17(22)13-7-15(20)9-16(21)8-13;/h4-8,14,16-19,22H,9-13H2,1-3H3;2-5,7-9,11,17-22H,6,10H2,1H3;1H/q+1;;/p-1/t16-,17+,18?,19?,21?;;. The number of aromatic hydroxyl groups is 3. The van der Waals surface area contributed by atoms with Gasteiger partial charge in [0, 0.05) is 44.3 Å². The molecule has 2 fully saturated rings. The Morgan fingerprint density at radius 3 is 1.98 bits per heavy atom. The SMILES string of the molecule is CC(C)[N+]1(C)[C@@H]2CC[C@H]1CC(OC(=O)C(CO)c1ccccc1)C2.CC(Cc1ccc(O)cc1)NCC(O)c1cc(O)cc(O)c1.[Br-]. The van der Waals surface area contributed by atoms with Crippen LogP contribution in [0.25, 0.3) is 0 Å². The van der Waals surface area contributed by atoms with Crippen LogP contribution < -0.4 is 22.3 Å². The first-order valence-electron chi connectivity index (χ1n) is 16.3. The van der Waals surface area contributed by atoms with E-state index in [1.54, 1.807) is 12.1 Å². The summed E-state index contributed by atoms with van der Waals surface area (Å²) < 4.78 is 6.96. The Hall–Kier alpha value is -3.15. The lowest BCUT2D eigenvalue weighted by atomic mass is 9.94. The van der Waals surface area contributed by atoms with Gasteiger partial charge in [0.1, 0.15) is 29.3 Å². The summed E-state index contributed by atoms with van der Waals surface area (Å²) in [6, 6.07) is 22.4. The molecule has 0 aromatic heterocycles. The highest BCUT2D eigenvalue weighted by molar-refractivity contribution is 5.78. The Bertz CT molecular complexity index is 1370. The zero-order valence-corrected chi connectivity index (χ0v) is 29.4. The molecule has 5 rings (SSSR count). The van der Waals surface area contributed by atoms with Crippen LogP contribution in [0.4, 0.5) is 0 Å². The van der Waals surface area contributed by atoms with Crippen LogP contribution in [0.15, 0.2) is 72.8 Å². The van der Waals surface area contributed by atoms with Crippen molar-refractivity contribution >= 4 is 5.97 Å². The number of hydrogen-bond acceptors (Lipinski definition) is 8. The van der Waals surface area contributed by atoms with E-state index in [1.165, 1.54) is 31.0 Å². The first-order valence-corrected chi connectivity index (χ1v) is 16.3. The smallest absolute Gasteiger partial charge is 0.316 e. The number of quaternary nitrogens is 1. The van der Waals surface area contributed by atoms with Gasteiger partial charge >= 0.3 is 5.97 Å². The molecule has 0 spiro atoms. The fourth-order valence-corrected chi connectivity index (χ4v) is 7.12. The fourth-order valence-electron chi connectivity index (χ4n) is 7.12. The zero-order valence-electron chi connectivity index (χ0n) is 27.8. The number of carbonyl (C=O) groups is 1. The second-order valence-electron chi connectivity index (χ2n) is 13.4. The monoisotopic (exact) mass is 714 g/mol. The number of esters is 1. The Morgan fingerprint density at radius 2 is 1.45 bits per heavy atom. The van der Waals surface area contributed by atoms with E-state index in [0.29, 0.717) is 30.2 Å². The van der Waals surface area contributed by atoms with Gasteiger partial charge in [0.15, 0.2) is 0 Å². The number of nitrogens with zero attached hydrogens (tertiary/aromatic N) is 1. The Labute approximate surface area is 289 Å². The van der Waals surface area contributed by atoms with E-state index in [4.69, 9.17) is 4.74 Å². The van der Waals surface area contributed by atoms with Crippen molar-refractivity contribution in [2.75, 3.05) is 20.2 Å². The maximum atomic E-state index is 12.6. The number of nitrogens with one attached hydrogen (secondary N) is 1. The molecule has 0 amide bonds. The molecule has 0 saturated carbocycles. The van der Waals surface area contributed by atoms with Gasteiger partial charge in [0.05, 0.1) is 37.9 Å². The molecular weight excluding hydrogens is 664 g/mol. The summed E-state index contributed by atoms with van der Waals surface area (Å²) in [6.45, 7) is 6.70. The average molecular weight is 716 g/mol. The highest BCUT2D eigenvalue weighted by Crippen LogP contribution is 2.44. The van der Waals surface area contributed by atoms with Crippen molar-refractivity contribution in [3.8, 4) is 17.2 Å². The molecule has 7 atom stereocenters. The molecule has 2 aliphatic heterocycles. The third-order valence-corrected chi connectivity index (χ3v) is 9.99. The molecule has 0 radical (unpaired) electrons. The maximum Gasteiger partial charge on any atom is 0.316 e. The van der Waals surface area contributed by atoms with Gasteiger partial charge < -0.3 is 57.1 Å². The first-order chi connectivity index (χ1) is 21.9. The zero-order chi connectivity index (χ0) is 33.4. The molecule has 2 bridgehead atoms. The summed E-state index contributed by atoms with van der Waals surface area (Å²) in [5.41, 5.74) is 2.37. The van der Waals surface area contributed by atoms with Crippen molar-refractivity contribution in [2.24, 2.45) is 0 Å². The lowest BCUT2D eigenvalue weighted by Gasteiger charge is -2.49. The van der Waals surface area contributed by atoms with Crippen molar-refractivity contribution in [3.63, 3.8) is 0 Å². The van der Waals surface area contributed by atoms with Crippen molar-refractivity contribution in [1.29, 1.82) is 0 Å². The minimum Gasteiger partial charge on any atom is -1.00 e. The number of aliphatic hydroxyl groups is 2. The van der Waals surface area contributed by atoms with Crippen LogP contribution in [-0.4, -0.2) is 86.5 Å². The topological polar surface area (TPSA) is 139 Å². The number of aliphatic hydroxyl groups excluding tert-OH is 2. The number of ether oxygens (including phenoxy) is 1. The average Bonchev–Trinajstić information content (AvgIpc) is 3.18. The number of fused-ring (bicyclic) bond motifs is 2. The molecule has 0 aliphatic carbocycles. The molecule has 2 heterocycles. The summed E-state index contributed by atoms with van der Waals surface area (Å²) in [7, 11) is 2.37. The van der Waals surface area contributed by atoms with Crippen LogP contribution in [0.1, 0.15) is 75.2 Å². The largest absolute Gasteiger partial charge is 1.00 e. The van der Waals surface area contributed by atoms with Gasteiger partial charge in [-0.1, -0.05) is 42.5 Å². The van der Waals surface area contributed by atoms with E-state index in [1.807, 2.05) is 49.4 Å². The lowest BCUT2D eigenvalue weighted by Crippen LogP contribution is -3.00. The second kappa shape index (κ2) is 17.3. The number of halogens is 1. The third kappa shape index (κ3) is 9.93. The van der Waals surface area contributed by atoms with Crippen molar-refractivity contribution in [2.45, 2.75) is 95.2 Å². The molecule has 3 aromatic rings. The number of phenols is 3. The minimum absolute atomic E-state index is 0. The third-order valence-electron chi connectivity index (χ3n) is 9.99. The molecule has 2 saturated heterocycles. The van der Waals surface area contributed by atoms with Gasteiger partial charge in [-0.3, -0.25) is 4.79 Å². The van der Waals surface area contributed by atoms with Gasteiger partial charge in [0.2, 0.25) is 0 Å². The van der Waals surface area contributed by atoms with E-state index in [0.717, 1.165) is 34.9 Å². The van der Waals surface area contributed by atoms with Crippen LogP contribution >= 0.6 is 0 Å². The van der Waals surface area contributed by atoms with Crippen LogP contribution in [-0.2, 0) is 16.0 Å². The minimum atomic E-state index is -0.819. The number of benzene rings is 3. The van der Waals surface area contributed by atoms with E-state index in [-0.39, 0.29) is 59.0 Å². The summed E-state index contributed by atoms with van der Waals surface area (Å²) in [5, 5.41) is 51.1. The summed E-state index contributed by atoms with van der Waals surface area (Å²) in [4.78, 5) is 12.6. The number of carbonyl (C=O) groups excluding carboxylic acids is 1. The molecule has 10 heteroatoms. The summed E-state index contributed by atoms with van der Waals surface area (Å²) in [6.07, 6.45) is 4.30. The lowest BCUT2D eigenvalue weighted by molar-refractivity contribution is -0.968. The Morgan fingerprint density at radius 1 is 0.872 bits per heavy atom.